The average molecular weight is 249 g/mol. The van der Waals surface area contributed by atoms with Crippen LogP contribution in [-0.4, -0.2) is 17.4 Å². The van der Waals surface area contributed by atoms with E-state index >= 15 is 0 Å². The van der Waals surface area contributed by atoms with E-state index in [1.807, 2.05) is 0 Å². The molecule has 6 nitrogen and oxygen atoms in total. The minimum Gasteiger partial charge on any atom is -0.329 e. The molecule has 2 rings (SSSR count). The van der Waals surface area contributed by atoms with Crippen molar-refractivity contribution in [1.29, 1.82) is 0 Å². The second-order valence-corrected chi connectivity index (χ2v) is 4.60. The number of carbonyl (C=O) groups is 1. The largest absolute Gasteiger partial charge is 0.329 e. The van der Waals surface area contributed by atoms with Crippen LogP contribution in [0.5, 0.6) is 0 Å². The van der Waals surface area contributed by atoms with Gasteiger partial charge in [0, 0.05) is 24.4 Å². The number of non-ortho nitro benzene ring substituents is 1. The van der Waals surface area contributed by atoms with Gasteiger partial charge in [-0.1, -0.05) is 6.42 Å². The van der Waals surface area contributed by atoms with Crippen molar-refractivity contribution < 1.29 is 9.72 Å². The van der Waals surface area contributed by atoms with E-state index in [9.17, 15) is 14.9 Å². The van der Waals surface area contributed by atoms with Crippen molar-refractivity contribution in [3.05, 3.63) is 34.4 Å². The first-order valence-corrected chi connectivity index (χ1v) is 5.83. The van der Waals surface area contributed by atoms with Crippen molar-refractivity contribution in [2.45, 2.75) is 19.3 Å². The van der Waals surface area contributed by atoms with Gasteiger partial charge >= 0.3 is 0 Å². The third-order valence-electron chi connectivity index (χ3n) is 3.52. The number of nitrogens with two attached hydrogens (primary N) is 1. The van der Waals surface area contributed by atoms with Crippen LogP contribution in [0.2, 0.25) is 0 Å². The van der Waals surface area contributed by atoms with E-state index in [4.69, 9.17) is 5.73 Å². The standard InChI is InChI=1S/C12H15N3O3/c13-8-12(6-1-7-12)11(16)14-9-2-4-10(5-3-9)15(17)18/h2-5H,1,6-8,13H2,(H,14,16). The molecule has 1 saturated carbocycles. The summed E-state index contributed by atoms with van der Waals surface area (Å²) in [6.45, 7) is 0.339. The Bertz CT molecular complexity index is 460. The highest BCUT2D eigenvalue weighted by molar-refractivity contribution is 5.96. The lowest BCUT2D eigenvalue weighted by Crippen LogP contribution is -2.47. The summed E-state index contributed by atoms with van der Waals surface area (Å²) in [5.41, 5.74) is 5.76. The van der Waals surface area contributed by atoms with Gasteiger partial charge in [-0.05, 0) is 25.0 Å². The highest BCUT2D eigenvalue weighted by Gasteiger charge is 2.42. The maximum absolute atomic E-state index is 12.0. The number of hydrogen-bond acceptors (Lipinski definition) is 4. The van der Waals surface area contributed by atoms with Crippen LogP contribution in [0.4, 0.5) is 11.4 Å². The monoisotopic (exact) mass is 249 g/mol. The first kappa shape index (κ1) is 12.5. The van der Waals surface area contributed by atoms with Gasteiger partial charge in [0.2, 0.25) is 5.91 Å². The molecule has 0 atom stereocenters. The zero-order chi connectivity index (χ0) is 13.2. The van der Waals surface area contributed by atoms with Gasteiger partial charge in [0.05, 0.1) is 10.3 Å². The second kappa shape index (κ2) is 4.73. The minimum atomic E-state index is -0.473. The first-order valence-electron chi connectivity index (χ1n) is 5.83. The van der Waals surface area contributed by atoms with E-state index in [0.717, 1.165) is 19.3 Å². The van der Waals surface area contributed by atoms with Crippen LogP contribution < -0.4 is 11.1 Å². The highest BCUT2D eigenvalue weighted by atomic mass is 16.6. The number of hydrogen-bond donors (Lipinski definition) is 2. The zero-order valence-electron chi connectivity index (χ0n) is 9.89. The summed E-state index contributed by atoms with van der Waals surface area (Å²) < 4.78 is 0. The Labute approximate surface area is 104 Å². The Kier molecular flexibility index (Phi) is 3.29. The maximum Gasteiger partial charge on any atom is 0.269 e. The second-order valence-electron chi connectivity index (χ2n) is 4.60. The van der Waals surface area contributed by atoms with Crippen LogP contribution in [0, 0.1) is 15.5 Å². The van der Waals surface area contributed by atoms with Gasteiger partial charge in [-0.3, -0.25) is 14.9 Å². The first-order chi connectivity index (χ1) is 8.57. The van der Waals surface area contributed by atoms with E-state index in [1.165, 1.54) is 24.3 Å². The molecule has 0 saturated heterocycles. The van der Waals surface area contributed by atoms with Crippen LogP contribution in [0.3, 0.4) is 0 Å². The third-order valence-corrected chi connectivity index (χ3v) is 3.52. The molecule has 0 aromatic heterocycles. The van der Waals surface area contributed by atoms with Crippen molar-refractivity contribution in [3.63, 3.8) is 0 Å². The van der Waals surface area contributed by atoms with E-state index in [0.29, 0.717) is 12.2 Å². The number of rotatable bonds is 4. The quantitative estimate of drug-likeness (QED) is 0.626. The summed E-state index contributed by atoms with van der Waals surface area (Å²) in [5.74, 6) is -0.0925. The van der Waals surface area contributed by atoms with Crippen LogP contribution >= 0.6 is 0 Å². The number of carbonyl (C=O) groups excluding carboxylic acids is 1. The van der Waals surface area contributed by atoms with Crippen molar-refractivity contribution in [3.8, 4) is 0 Å². The maximum atomic E-state index is 12.0. The molecule has 96 valence electrons. The predicted octanol–water partition coefficient (Wildman–Crippen LogP) is 1.66. The fourth-order valence-electron chi connectivity index (χ4n) is 2.06. The van der Waals surface area contributed by atoms with Gasteiger partial charge in [-0.25, -0.2) is 0 Å². The minimum absolute atomic E-state index is 0.00480. The predicted molar refractivity (Wildman–Crippen MR) is 67.1 cm³/mol. The molecule has 1 aromatic rings. The molecule has 0 unspecified atom stereocenters. The normalized spacial score (nSPS) is 16.7. The highest BCUT2D eigenvalue weighted by Crippen LogP contribution is 2.40. The molecule has 6 heteroatoms. The molecule has 0 spiro atoms. The van der Waals surface area contributed by atoms with E-state index in [2.05, 4.69) is 5.32 Å². The summed E-state index contributed by atoms with van der Waals surface area (Å²) in [7, 11) is 0. The number of nitrogens with one attached hydrogen (secondary N) is 1. The summed E-state index contributed by atoms with van der Waals surface area (Å²) in [6, 6.07) is 5.79. The summed E-state index contributed by atoms with van der Waals surface area (Å²) in [4.78, 5) is 22.1. The Balaban J connectivity index is 2.05. The fraction of sp³-hybridized carbons (Fsp3) is 0.417. The SMILES string of the molecule is NCC1(C(=O)Nc2ccc([N+](=O)[O-])cc2)CCC1. The Hall–Kier alpha value is -1.95. The van der Waals surface area contributed by atoms with E-state index in [-0.39, 0.29) is 11.6 Å². The molecule has 0 bridgehead atoms. The number of nitro benzene ring substituents is 1. The molecule has 1 aromatic carbocycles. The van der Waals surface area contributed by atoms with Crippen molar-refractivity contribution in [2.24, 2.45) is 11.1 Å². The lowest BCUT2D eigenvalue weighted by Gasteiger charge is -2.39. The molecule has 0 aliphatic heterocycles. The number of nitrogens with zero attached hydrogens (tertiary/aromatic N) is 1. The third kappa shape index (κ3) is 2.19. The molecular formula is C12H15N3O3. The van der Waals surface area contributed by atoms with Crippen LogP contribution in [0.25, 0.3) is 0 Å². The Morgan fingerprint density at radius 1 is 1.39 bits per heavy atom. The van der Waals surface area contributed by atoms with Crippen LogP contribution in [0.15, 0.2) is 24.3 Å². The summed E-state index contributed by atoms with van der Waals surface area (Å²) in [6.07, 6.45) is 2.63. The van der Waals surface area contributed by atoms with Gasteiger partial charge in [-0.15, -0.1) is 0 Å². The molecule has 1 aliphatic rings. The molecule has 3 N–H and O–H groups in total. The van der Waals surface area contributed by atoms with Gasteiger partial charge in [-0.2, -0.15) is 0 Å². The van der Waals surface area contributed by atoms with Gasteiger partial charge in [0.25, 0.3) is 5.69 Å². The molecular weight excluding hydrogens is 234 g/mol. The van der Waals surface area contributed by atoms with Gasteiger partial charge in [0.15, 0.2) is 0 Å². The molecule has 0 heterocycles. The van der Waals surface area contributed by atoms with Crippen molar-refractivity contribution in [1.82, 2.24) is 0 Å². The number of amides is 1. The van der Waals surface area contributed by atoms with Gasteiger partial charge < -0.3 is 11.1 Å². The summed E-state index contributed by atoms with van der Waals surface area (Å²) in [5, 5.41) is 13.3. The average Bonchev–Trinajstić information content (AvgIpc) is 2.29. The Morgan fingerprint density at radius 3 is 2.39 bits per heavy atom. The lowest BCUT2D eigenvalue weighted by atomic mass is 9.68. The fourth-order valence-corrected chi connectivity index (χ4v) is 2.06. The smallest absolute Gasteiger partial charge is 0.269 e. The lowest BCUT2D eigenvalue weighted by molar-refractivity contribution is -0.384. The number of benzene rings is 1. The van der Waals surface area contributed by atoms with E-state index < -0.39 is 10.3 Å². The van der Waals surface area contributed by atoms with Crippen LogP contribution in [0.1, 0.15) is 19.3 Å². The van der Waals surface area contributed by atoms with Crippen molar-refractivity contribution in [2.75, 3.05) is 11.9 Å². The molecule has 18 heavy (non-hydrogen) atoms. The molecule has 1 fully saturated rings. The topological polar surface area (TPSA) is 98.3 Å². The van der Waals surface area contributed by atoms with Gasteiger partial charge in [0.1, 0.15) is 0 Å². The number of nitro groups is 1. The van der Waals surface area contributed by atoms with Crippen molar-refractivity contribution >= 4 is 17.3 Å². The van der Waals surface area contributed by atoms with E-state index in [1.54, 1.807) is 0 Å². The number of anilines is 1. The molecule has 1 aliphatic carbocycles. The summed E-state index contributed by atoms with van der Waals surface area (Å²) >= 11 is 0. The molecule has 0 radical (unpaired) electrons. The zero-order valence-corrected chi connectivity index (χ0v) is 9.89. The molecule has 1 amide bonds. The Morgan fingerprint density at radius 2 is 2.00 bits per heavy atom. The van der Waals surface area contributed by atoms with Crippen LogP contribution in [-0.2, 0) is 4.79 Å².